The summed E-state index contributed by atoms with van der Waals surface area (Å²) in [7, 11) is 0. The Bertz CT molecular complexity index is 986. The lowest BCUT2D eigenvalue weighted by Crippen LogP contribution is -2.60. The normalized spacial score (nSPS) is 32.1. The number of hydrogen-bond donors (Lipinski definition) is 0. The second kappa shape index (κ2) is 6.43. The quantitative estimate of drug-likeness (QED) is 0.700. The lowest BCUT2D eigenvalue weighted by atomic mass is 9.75. The number of hydrogen-bond acceptors (Lipinski definition) is 3. The summed E-state index contributed by atoms with van der Waals surface area (Å²) in [5.41, 5.74) is 4.02. The van der Waals surface area contributed by atoms with Gasteiger partial charge in [-0.1, -0.05) is 36.4 Å². The summed E-state index contributed by atoms with van der Waals surface area (Å²) >= 11 is 0. The van der Waals surface area contributed by atoms with Gasteiger partial charge in [-0.3, -0.25) is 9.80 Å². The zero-order chi connectivity index (χ0) is 18.7. The lowest BCUT2D eigenvalue weighted by molar-refractivity contribution is -0.00885. The van der Waals surface area contributed by atoms with Crippen LogP contribution in [0.15, 0.2) is 54.7 Å². The molecule has 0 amide bonds. The highest BCUT2D eigenvalue weighted by Crippen LogP contribution is 2.47. The predicted octanol–water partition coefficient (Wildman–Crippen LogP) is 3.70. The van der Waals surface area contributed by atoms with Gasteiger partial charge in [0.25, 0.3) is 0 Å². The molecule has 6 heterocycles. The first-order valence-electron chi connectivity index (χ1n) is 10.8. The van der Waals surface area contributed by atoms with Crippen molar-refractivity contribution in [2.24, 2.45) is 5.92 Å². The van der Waals surface area contributed by atoms with Crippen LogP contribution in [0.25, 0.3) is 5.52 Å². The Balaban J connectivity index is 1.38. The monoisotopic (exact) mass is 372 g/mol. The van der Waals surface area contributed by atoms with E-state index in [-0.39, 0.29) is 0 Å². The number of nitrogens with zero attached hydrogens (tertiary/aromatic N) is 4. The van der Waals surface area contributed by atoms with Crippen molar-refractivity contribution in [3.8, 4) is 0 Å². The van der Waals surface area contributed by atoms with Gasteiger partial charge in [-0.25, -0.2) is 4.98 Å². The topological polar surface area (TPSA) is 23.8 Å². The molecule has 2 aromatic heterocycles. The Morgan fingerprint density at radius 1 is 0.964 bits per heavy atom. The van der Waals surface area contributed by atoms with Gasteiger partial charge in [-0.15, -0.1) is 0 Å². The summed E-state index contributed by atoms with van der Waals surface area (Å²) in [6.07, 6.45) is 4.86. The molecule has 2 bridgehead atoms. The average molecular weight is 373 g/mol. The van der Waals surface area contributed by atoms with E-state index in [0.29, 0.717) is 18.0 Å². The van der Waals surface area contributed by atoms with E-state index in [1.807, 2.05) is 0 Å². The molecule has 3 aromatic rings. The Kier molecular flexibility index (Phi) is 3.85. The number of aromatic nitrogens is 2. The van der Waals surface area contributed by atoms with Crippen molar-refractivity contribution >= 4 is 5.52 Å². The van der Waals surface area contributed by atoms with Crippen LogP contribution in [0.2, 0.25) is 0 Å². The number of likely N-dealkylation sites (tertiary alicyclic amines) is 1. The standard InChI is InChI=1S/C24H28N4/c1-17-25-21(22-9-5-6-12-28(17)22)16-27-15-20(18-7-3-2-4-8-18)24-23(27)19-10-13-26(24)14-11-19/h2-9,12,19-20,23-24H,10-11,13-16H2,1H3/t20-,23+,24+/m1/s1. The van der Waals surface area contributed by atoms with Crippen molar-refractivity contribution in [3.05, 3.63) is 71.8 Å². The summed E-state index contributed by atoms with van der Waals surface area (Å²) in [4.78, 5) is 10.5. The van der Waals surface area contributed by atoms with Crippen molar-refractivity contribution in [3.63, 3.8) is 0 Å². The van der Waals surface area contributed by atoms with Crippen LogP contribution in [-0.4, -0.2) is 50.9 Å². The second-order valence-corrected chi connectivity index (χ2v) is 8.86. The van der Waals surface area contributed by atoms with Crippen molar-refractivity contribution < 1.29 is 0 Å². The summed E-state index contributed by atoms with van der Waals surface area (Å²) < 4.78 is 2.23. The molecular formula is C24H28N4. The van der Waals surface area contributed by atoms with Crippen LogP contribution in [0, 0.1) is 12.8 Å². The first-order chi connectivity index (χ1) is 13.8. The summed E-state index contributed by atoms with van der Waals surface area (Å²) in [6, 6.07) is 19.0. The highest BCUT2D eigenvalue weighted by Gasteiger charge is 2.53. The first kappa shape index (κ1) is 16.8. The Hall–Kier alpha value is -2.17. The summed E-state index contributed by atoms with van der Waals surface area (Å²) in [5.74, 6) is 2.55. The Morgan fingerprint density at radius 2 is 1.75 bits per heavy atom. The Labute approximate surface area is 166 Å². The van der Waals surface area contributed by atoms with E-state index < -0.39 is 0 Å². The van der Waals surface area contributed by atoms with Gasteiger partial charge < -0.3 is 4.40 Å². The average Bonchev–Trinajstić information content (AvgIpc) is 3.30. The molecular weight excluding hydrogens is 344 g/mol. The van der Waals surface area contributed by atoms with Gasteiger partial charge in [0, 0.05) is 37.3 Å². The van der Waals surface area contributed by atoms with Crippen LogP contribution >= 0.6 is 0 Å². The number of benzene rings is 1. The zero-order valence-electron chi connectivity index (χ0n) is 16.5. The van der Waals surface area contributed by atoms with E-state index in [4.69, 9.17) is 4.98 Å². The number of fused-ring (bicyclic) bond motifs is 3. The smallest absolute Gasteiger partial charge is 0.110 e. The molecule has 4 aliphatic rings. The molecule has 0 aliphatic carbocycles. The van der Waals surface area contributed by atoms with Crippen LogP contribution < -0.4 is 0 Å². The maximum absolute atomic E-state index is 4.96. The van der Waals surface area contributed by atoms with Gasteiger partial charge in [0.1, 0.15) is 5.82 Å². The van der Waals surface area contributed by atoms with Crippen molar-refractivity contribution in [1.82, 2.24) is 19.2 Å². The van der Waals surface area contributed by atoms with E-state index >= 15 is 0 Å². The molecule has 0 saturated carbocycles. The SMILES string of the molecule is Cc1nc(CN2C[C@H](c3ccccc3)[C@H]3[C@@H]2C2CCN3CC2)c2ccccn12. The van der Waals surface area contributed by atoms with Crippen LogP contribution in [-0.2, 0) is 6.54 Å². The molecule has 3 atom stereocenters. The molecule has 28 heavy (non-hydrogen) atoms. The molecule has 0 radical (unpaired) electrons. The fourth-order valence-electron chi connectivity index (χ4n) is 6.29. The van der Waals surface area contributed by atoms with Crippen LogP contribution in [0.1, 0.15) is 35.8 Å². The number of piperidine rings is 3. The summed E-state index contributed by atoms with van der Waals surface area (Å²) in [5, 5.41) is 0. The minimum absolute atomic E-state index is 0.615. The molecule has 4 fully saturated rings. The molecule has 4 aliphatic heterocycles. The molecule has 0 spiro atoms. The number of aryl methyl sites for hydroxylation is 1. The number of rotatable bonds is 3. The number of imidazole rings is 1. The molecule has 4 nitrogen and oxygen atoms in total. The van der Waals surface area contributed by atoms with E-state index in [1.54, 1.807) is 0 Å². The lowest BCUT2D eigenvalue weighted by Gasteiger charge is -2.51. The highest BCUT2D eigenvalue weighted by atomic mass is 15.3. The minimum Gasteiger partial charge on any atom is -0.304 e. The molecule has 1 aromatic carbocycles. The third-order valence-corrected chi connectivity index (χ3v) is 7.48. The van der Waals surface area contributed by atoms with Gasteiger partial charge in [0.2, 0.25) is 0 Å². The van der Waals surface area contributed by atoms with E-state index in [0.717, 1.165) is 24.8 Å². The fraction of sp³-hybridized carbons (Fsp3) is 0.458. The maximum Gasteiger partial charge on any atom is 0.110 e. The minimum atomic E-state index is 0.615. The molecule has 4 saturated heterocycles. The van der Waals surface area contributed by atoms with Crippen LogP contribution in [0.3, 0.4) is 0 Å². The molecule has 7 rings (SSSR count). The second-order valence-electron chi connectivity index (χ2n) is 8.86. The summed E-state index contributed by atoms with van der Waals surface area (Å²) in [6.45, 7) is 6.81. The van der Waals surface area contributed by atoms with E-state index in [2.05, 4.69) is 75.9 Å². The zero-order valence-corrected chi connectivity index (χ0v) is 16.5. The molecule has 0 unspecified atom stereocenters. The van der Waals surface area contributed by atoms with Gasteiger partial charge in [0.15, 0.2) is 0 Å². The maximum atomic E-state index is 4.96. The van der Waals surface area contributed by atoms with Crippen LogP contribution in [0.4, 0.5) is 0 Å². The fourth-order valence-corrected chi connectivity index (χ4v) is 6.29. The van der Waals surface area contributed by atoms with Crippen molar-refractivity contribution in [1.29, 1.82) is 0 Å². The van der Waals surface area contributed by atoms with Crippen molar-refractivity contribution in [2.45, 2.75) is 44.3 Å². The van der Waals surface area contributed by atoms with E-state index in [1.165, 1.54) is 42.7 Å². The predicted molar refractivity (Wildman–Crippen MR) is 111 cm³/mol. The molecule has 144 valence electrons. The van der Waals surface area contributed by atoms with Crippen LogP contribution in [0.5, 0.6) is 0 Å². The van der Waals surface area contributed by atoms with E-state index in [9.17, 15) is 0 Å². The first-order valence-corrected chi connectivity index (χ1v) is 10.8. The molecule has 0 N–H and O–H groups in total. The van der Waals surface area contributed by atoms with Crippen molar-refractivity contribution in [2.75, 3.05) is 19.6 Å². The van der Waals surface area contributed by atoms with Gasteiger partial charge in [-0.2, -0.15) is 0 Å². The third kappa shape index (κ3) is 2.48. The van der Waals surface area contributed by atoms with Gasteiger partial charge in [0.05, 0.1) is 11.2 Å². The largest absolute Gasteiger partial charge is 0.304 e. The number of pyridine rings is 1. The van der Waals surface area contributed by atoms with Gasteiger partial charge >= 0.3 is 0 Å². The van der Waals surface area contributed by atoms with Gasteiger partial charge in [-0.05, 0) is 56.5 Å². The molecule has 4 heteroatoms. The third-order valence-electron chi connectivity index (χ3n) is 7.48. The Morgan fingerprint density at radius 3 is 2.57 bits per heavy atom. The highest BCUT2D eigenvalue weighted by molar-refractivity contribution is 5.53.